The van der Waals surface area contributed by atoms with Crippen LogP contribution in [-0.4, -0.2) is 25.7 Å². The van der Waals surface area contributed by atoms with Crippen LogP contribution in [0.1, 0.15) is 24.8 Å². The fourth-order valence-electron chi connectivity index (χ4n) is 2.28. The lowest BCUT2D eigenvalue weighted by molar-refractivity contribution is -0.120. The molecule has 1 aliphatic rings. The molecule has 18 heavy (non-hydrogen) atoms. The van der Waals surface area contributed by atoms with Crippen LogP contribution in [0.5, 0.6) is 0 Å². The number of rotatable bonds is 4. The lowest BCUT2D eigenvalue weighted by atomic mass is 10.1. The van der Waals surface area contributed by atoms with E-state index in [1.54, 1.807) is 11.9 Å². The number of hydrogen-bond acceptors (Lipinski definition) is 3. The Morgan fingerprint density at radius 1 is 1.50 bits per heavy atom. The number of carbonyl (C=O) groups is 1. The topological polar surface area (TPSA) is 55.6 Å². The summed E-state index contributed by atoms with van der Waals surface area (Å²) in [5.41, 5.74) is 7.57. The summed E-state index contributed by atoms with van der Waals surface area (Å²) in [6.45, 7) is 1.22. The first-order valence-electron chi connectivity index (χ1n) is 6.38. The molecule has 1 aliphatic heterocycles. The van der Waals surface area contributed by atoms with Crippen molar-refractivity contribution in [3.05, 3.63) is 29.8 Å². The summed E-state index contributed by atoms with van der Waals surface area (Å²) in [6, 6.07) is 7.73. The molecule has 98 valence electrons. The van der Waals surface area contributed by atoms with E-state index in [1.165, 1.54) is 0 Å². The quantitative estimate of drug-likeness (QED) is 0.882. The number of nitrogens with zero attached hydrogens (tertiary/aromatic N) is 1. The van der Waals surface area contributed by atoms with Gasteiger partial charge in [-0.3, -0.25) is 4.79 Å². The lowest BCUT2D eigenvalue weighted by Crippen LogP contribution is -2.30. The maximum absolute atomic E-state index is 12.2. The van der Waals surface area contributed by atoms with Crippen molar-refractivity contribution in [1.29, 1.82) is 0 Å². The van der Waals surface area contributed by atoms with Crippen molar-refractivity contribution in [2.24, 2.45) is 5.73 Å². The fourth-order valence-corrected chi connectivity index (χ4v) is 2.28. The summed E-state index contributed by atoms with van der Waals surface area (Å²) < 4.78 is 5.49. The van der Waals surface area contributed by atoms with Crippen LogP contribution in [-0.2, 0) is 16.1 Å². The SMILES string of the molecule is CN(C(=O)CC1CCCO1)c1ccccc1CN. The first-order valence-corrected chi connectivity index (χ1v) is 6.38. The highest BCUT2D eigenvalue weighted by Crippen LogP contribution is 2.22. The van der Waals surface area contributed by atoms with Gasteiger partial charge >= 0.3 is 0 Å². The molecule has 0 bridgehead atoms. The molecule has 2 N–H and O–H groups in total. The first-order chi connectivity index (χ1) is 8.72. The summed E-state index contributed by atoms with van der Waals surface area (Å²) >= 11 is 0. The van der Waals surface area contributed by atoms with E-state index in [4.69, 9.17) is 10.5 Å². The number of carbonyl (C=O) groups excluding carboxylic acids is 1. The van der Waals surface area contributed by atoms with Crippen molar-refractivity contribution in [3.8, 4) is 0 Å². The van der Waals surface area contributed by atoms with Crippen LogP contribution in [0.2, 0.25) is 0 Å². The molecule has 4 nitrogen and oxygen atoms in total. The molecule has 2 rings (SSSR count). The smallest absolute Gasteiger partial charge is 0.229 e. The number of benzene rings is 1. The van der Waals surface area contributed by atoms with Crippen LogP contribution in [0.4, 0.5) is 5.69 Å². The average molecular weight is 248 g/mol. The van der Waals surface area contributed by atoms with Gasteiger partial charge in [0.1, 0.15) is 0 Å². The third-order valence-corrected chi connectivity index (χ3v) is 3.37. The highest BCUT2D eigenvalue weighted by Gasteiger charge is 2.22. The van der Waals surface area contributed by atoms with Crippen molar-refractivity contribution < 1.29 is 9.53 Å². The van der Waals surface area contributed by atoms with Gasteiger partial charge in [-0.1, -0.05) is 18.2 Å². The van der Waals surface area contributed by atoms with E-state index >= 15 is 0 Å². The lowest BCUT2D eigenvalue weighted by Gasteiger charge is -2.21. The summed E-state index contributed by atoms with van der Waals surface area (Å²) in [5, 5.41) is 0. The number of ether oxygens (including phenoxy) is 1. The molecular formula is C14H20N2O2. The third kappa shape index (κ3) is 2.89. The van der Waals surface area contributed by atoms with Gasteiger partial charge < -0.3 is 15.4 Å². The van der Waals surface area contributed by atoms with Crippen LogP contribution in [0.25, 0.3) is 0 Å². The van der Waals surface area contributed by atoms with Gasteiger partial charge in [-0.25, -0.2) is 0 Å². The molecule has 1 aromatic carbocycles. The summed E-state index contributed by atoms with van der Waals surface area (Å²) in [5.74, 6) is 0.0859. The highest BCUT2D eigenvalue weighted by atomic mass is 16.5. The number of hydrogen-bond donors (Lipinski definition) is 1. The van der Waals surface area contributed by atoms with E-state index in [1.807, 2.05) is 24.3 Å². The molecule has 1 saturated heterocycles. The Morgan fingerprint density at radius 2 is 2.28 bits per heavy atom. The van der Waals surface area contributed by atoms with Crippen molar-refractivity contribution in [2.45, 2.75) is 31.9 Å². The van der Waals surface area contributed by atoms with Crippen LogP contribution in [0.3, 0.4) is 0 Å². The van der Waals surface area contributed by atoms with Gasteiger partial charge in [0.15, 0.2) is 0 Å². The molecule has 1 unspecified atom stereocenters. The normalized spacial score (nSPS) is 18.9. The van der Waals surface area contributed by atoms with Crippen LogP contribution >= 0.6 is 0 Å². The van der Waals surface area contributed by atoms with Crippen LogP contribution < -0.4 is 10.6 Å². The number of anilines is 1. The summed E-state index contributed by atoms with van der Waals surface area (Å²) in [6.07, 6.45) is 2.58. The summed E-state index contributed by atoms with van der Waals surface area (Å²) in [4.78, 5) is 13.9. The predicted molar refractivity (Wildman–Crippen MR) is 71.3 cm³/mol. The molecule has 4 heteroatoms. The van der Waals surface area contributed by atoms with Crippen molar-refractivity contribution in [3.63, 3.8) is 0 Å². The van der Waals surface area contributed by atoms with E-state index in [2.05, 4.69) is 0 Å². The number of nitrogens with two attached hydrogens (primary N) is 1. The summed E-state index contributed by atoms with van der Waals surface area (Å²) in [7, 11) is 1.80. The minimum atomic E-state index is 0.0859. The van der Waals surface area contributed by atoms with E-state index in [0.717, 1.165) is 30.7 Å². The van der Waals surface area contributed by atoms with Gasteiger partial charge in [-0.05, 0) is 24.5 Å². The zero-order valence-electron chi connectivity index (χ0n) is 10.8. The Bertz CT molecular complexity index is 414. The number of para-hydroxylation sites is 1. The van der Waals surface area contributed by atoms with Gasteiger partial charge in [0.2, 0.25) is 5.91 Å². The molecular weight excluding hydrogens is 228 g/mol. The van der Waals surface area contributed by atoms with Gasteiger partial charge in [0, 0.05) is 25.9 Å². The van der Waals surface area contributed by atoms with Crippen molar-refractivity contribution >= 4 is 11.6 Å². The Labute approximate surface area is 108 Å². The Kier molecular flexibility index (Phi) is 4.33. The van der Waals surface area contributed by atoms with E-state index in [-0.39, 0.29) is 12.0 Å². The number of amides is 1. The molecule has 0 aromatic heterocycles. The second-order valence-electron chi connectivity index (χ2n) is 4.62. The minimum Gasteiger partial charge on any atom is -0.378 e. The second-order valence-corrected chi connectivity index (χ2v) is 4.62. The van der Waals surface area contributed by atoms with Crippen molar-refractivity contribution in [1.82, 2.24) is 0 Å². The molecule has 1 fully saturated rings. The average Bonchev–Trinajstić information content (AvgIpc) is 2.90. The highest BCUT2D eigenvalue weighted by molar-refractivity contribution is 5.93. The molecule has 1 amide bonds. The van der Waals surface area contributed by atoms with E-state index in [0.29, 0.717) is 13.0 Å². The zero-order valence-corrected chi connectivity index (χ0v) is 10.8. The molecule has 1 heterocycles. The van der Waals surface area contributed by atoms with Crippen LogP contribution in [0, 0.1) is 0 Å². The third-order valence-electron chi connectivity index (χ3n) is 3.37. The Hall–Kier alpha value is -1.39. The maximum Gasteiger partial charge on any atom is 0.229 e. The van der Waals surface area contributed by atoms with E-state index < -0.39 is 0 Å². The fraction of sp³-hybridized carbons (Fsp3) is 0.500. The van der Waals surface area contributed by atoms with E-state index in [9.17, 15) is 4.79 Å². The molecule has 0 spiro atoms. The Balaban J connectivity index is 2.05. The molecule has 1 atom stereocenters. The Morgan fingerprint density at radius 3 is 2.94 bits per heavy atom. The predicted octanol–water partition coefficient (Wildman–Crippen LogP) is 1.68. The standard InChI is InChI=1S/C14H20N2O2/c1-16(13-7-3-2-5-11(13)10-15)14(17)9-12-6-4-8-18-12/h2-3,5,7,12H,4,6,8-10,15H2,1H3. The first kappa shape index (κ1) is 13.1. The largest absolute Gasteiger partial charge is 0.378 e. The molecule has 1 aromatic rings. The molecule has 0 saturated carbocycles. The van der Waals surface area contributed by atoms with Gasteiger partial charge in [-0.2, -0.15) is 0 Å². The van der Waals surface area contributed by atoms with Gasteiger partial charge in [-0.15, -0.1) is 0 Å². The van der Waals surface area contributed by atoms with Crippen molar-refractivity contribution in [2.75, 3.05) is 18.6 Å². The second kappa shape index (κ2) is 5.98. The maximum atomic E-state index is 12.2. The monoisotopic (exact) mass is 248 g/mol. The van der Waals surface area contributed by atoms with Gasteiger partial charge in [0.25, 0.3) is 0 Å². The molecule has 0 aliphatic carbocycles. The molecule has 0 radical (unpaired) electrons. The zero-order chi connectivity index (χ0) is 13.0. The van der Waals surface area contributed by atoms with Gasteiger partial charge in [0.05, 0.1) is 12.5 Å². The minimum absolute atomic E-state index is 0.0859. The van der Waals surface area contributed by atoms with Crippen LogP contribution in [0.15, 0.2) is 24.3 Å².